The lowest BCUT2D eigenvalue weighted by Crippen LogP contribution is -2.17. The van der Waals surface area contributed by atoms with Gasteiger partial charge >= 0.3 is 12.3 Å². The van der Waals surface area contributed by atoms with Gasteiger partial charge in [-0.1, -0.05) is 18.2 Å². The first kappa shape index (κ1) is 24.9. The number of rotatable bonds is 9. The Kier molecular flexibility index (Phi) is 7.05. The number of aliphatic carboxylic acids is 1. The van der Waals surface area contributed by atoms with Gasteiger partial charge in [-0.3, -0.25) is 4.79 Å². The van der Waals surface area contributed by atoms with Gasteiger partial charge in [0.05, 0.1) is 24.2 Å². The maximum atomic E-state index is 12.5. The summed E-state index contributed by atoms with van der Waals surface area (Å²) in [5.74, 6) is -0.0309. The van der Waals surface area contributed by atoms with Crippen LogP contribution >= 0.6 is 0 Å². The lowest BCUT2D eigenvalue weighted by atomic mass is 10.1. The van der Waals surface area contributed by atoms with Crippen LogP contribution in [0.4, 0.5) is 24.8 Å². The molecule has 0 saturated carbocycles. The van der Waals surface area contributed by atoms with Gasteiger partial charge in [-0.2, -0.15) is 0 Å². The minimum absolute atomic E-state index is 0.00385. The first-order chi connectivity index (χ1) is 17.1. The molecule has 4 aromatic rings. The quantitative estimate of drug-likeness (QED) is 0.281. The molecule has 0 fully saturated rings. The number of methoxy groups -OCH3 is 1. The Morgan fingerprint density at radius 2 is 1.83 bits per heavy atom. The molecule has 1 atom stereocenters. The van der Waals surface area contributed by atoms with E-state index in [4.69, 9.17) is 14.8 Å². The van der Waals surface area contributed by atoms with Gasteiger partial charge in [0.1, 0.15) is 11.5 Å². The summed E-state index contributed by atoms with van der Waals surface area (Å²) in [4.78, 5) is 15.7. The molecule has 0 aliphatic heterocycles. The third-order valence-electron chi connectivity index (χ3n) is 5.69. The number of ether oxygens (including phenoxy) is 2. The predicted molar refractivity (Wildman–Crippen MR) is 129 cm³/mol. The van der Waals surface area contributed by atoms with Crippen molar-refractivity contribution in [2.75, 3.05) is 12.4 Å². The van der Waals surface area contributed by atoms with Crippen LogP contribution in [0.2, 0.25) is 0 Å². The standard InChI is InChI=1S/C26H24F3N3O4/c1-16(18-4-3-5-21(15-18)35-2)32-23-12-6-17(7-13-24(33)34)14-22(23)31-25(32)30-19-8-10-20(11-9-19)36-26(27,28)29/h3-6,8-12,14-16H,7,13H2,1-2H3,(H,30,31)(H,33,34)/t16-/m1/s1. The second-order valence-electron chi connectivity index (χ2n) is 8.17. The highest BCUT2D eigenvalue weighted by molar-refractivity contribution is 5.81. The van der Waals surface area contributed by atoms with Crippen LogP contribution in [0.25, 0.3) is 11.0 Å². The molecule has 0 aliphatic rings. The van der Waals surface area contributed by atoms with E-state index in [0.717, 1.165) is 16.6 Å². The number of anilines is 2. The van der Waals surface area contributed by atoms with E-state index < -0.39 is 12.3 Å². The molecular formula is C26H24F3N3O4. The number of aryl methyl sites for hydroxylation is 1. The van der Waals surface area contributed by atoms with Gasteiger partial charge in [0, 0.05) is 12.1 Å². The van der Waals surface area contributed by atoms with E-state index in [1.165, 1.54) is 24.3 Å². The largest absolute Gasteiger partial charge is 0.573 e. The third kappa shape index (κ3) is 5.88. The number of carbonyl (C=O) groups is 1. The number of fused-ring (bicyclic) bond motifs is 1. The number of halogens is 3. The predicted octanol–water partition coefficient (Wildman–Crippen LogP) is 6.31. The van der Waals surface area contributed by atoms with Crippen LogP contribution in [-0.4, -0.2) is 34.1 Å². The summed E-state index contributed by atoms with van der Waals surface area (Å²) in [6, 6.07) is 18.4. The van der Waals surface area contributed by atoms with Crippen LogP contribution in [-0.2, 0) is 11.2 Å². The Bertz CT molecular complexity index is 1370. The first-order valence-electron chi connectivity index (χ1n) is 11.1. The Balaban J connectivity index is 1.73. The van der Waals surface area contributed by atoms with Gasteiger partial charge in [-0.25, -0.2) is 4.98 Å². The van der Waals surface area contributed by atoms with Gasteiger partial charge in [0.25, 0.3) is 0 Å². The molecule has 0 aliphatic carbocycles. The number of imidazole rings is 1. The molecule has 1 heterocycles. The average Bonchev–Trinajstić information content (AvgIpc) is 3.19. The number of hydrogen-bond donors (Lipinski definition) is 2. The van der Waals surface area contributed by atoms with Crippen LogP contribution in [0.1, 0.15) is 30.5 Å². The smallest absolute Gasteiger partial charge is 0.497 e. The molecule has 36 heavy (non-hydrogen) atoms. The lowest BCUT2D eigenvalue weighted by molar-refractivity contribution is -0.274. The van der Waals surface area contributed by atoms with E-state index in [0.29, 0.717) is 29.3 Å². The Morgan fingerprint density at radius 1 is 1.08 bits per heavy atom. The van der Waals surface area contributed by atoms with E-state index in [2.05, 4.69) is 10.1 Å². The van der Waals surface area contributed by atoms with E-state index in [9.17, 15) is 18.0 Å². The Hall–Kier alpha value is -4.21. The molecule has 1 aromatic heterocycles. The second kappa shape index (κ2) is 10.2. The van der Waals surface area contributed by atoms with Crippen LogP contribution in [0.3, 0.4) is 0 Å². The average molecular weight is 499 g/mol. The number of carboxylic acids is 1. The minimum Gasteiger partial charge on any atom is -0.497 e. The number of nitrogens with one attached hydrogen (secondary N) is 1. The molecule has 188 valence electrons. The molecule has 4 rings (SSSR count). The van der Waals surface area contributed by atoms with E-state index in [1.54, 1.807) is 7.11 Å². The molecule has 3 aromatic carbocycles. The van der Waals surface area contributed by atoms with E-state index in [1.807, 2.05) is 54.0 Å². The van der Waals surface area contributed by atoms with E-state index >= 15 is 0 Å². The normalized spacial score (nSPS) is 12.4. The summed E-state index contributed by atoms with van der Waals surface area (Å²) >= 11 is 0. The monoisotopic (exact) mass is 499 g/mol. The van der Waals surface area contributed by atoms with Crippen molar-refractivity contribution < 1.29 is 32.5 Å². The fraction of sp³-hybridized carbons (Fsp3) is 0.231. The van der Waals surface area contributed by atoms with Crippen molar-refractivity contribution in [3.8, 4) is 11.5 Å². The van der Waals surface area contributed by atoms with Crippen LogP contribution in [0, 0.1) is 0 Å². The SMILES string of the molecule is COc1cccc([C@@H](C)n2c(Nc3ccc(OC(F)(F)F)cc3)nc3cc(CCC(=O)O)ccc32)c1. The van der Waals surface area contributed by atoms with Gasteiger partial charge < -0.3 is 24.5 Å². The van der Waals surface area contributed by atoms with Crippen LogP contribution < -0.4 is 14.8 Å². The maximum absolute atomic E-state index is 12.5. The van der Waals surface area contributed by atoms with Crippen molar-refractivity contribution in [3.63, 3.8) is 0 Å². The zero-order chi connectivity index (χ0) is 25.9. The number of carboxylic acid groups (broad SMARTS) is 1. The number of hydrogen-bond acceptors (Lipinski definition) is 5. The van der Waals surface area contributed by atoms with Gasteiger partial charge in [0.2, 0.25) is 5.95 Å². The van der Waals surface area contributed by atoms with Crippen molar-refractivity contribution in [2.45, 2.75) is 32.2 Å². The fourth-order valence-corrected chi connectivity index (χ4v) is 3.95. The van der Waals surface area contributed by atoms with E-state index in [-0.39, 0.29) is 18.2 Å². The zero-order valence-corrected chi connectivity index (χ0v) is 19.5. The molecular weight excluding hydrogens is 475 g/mol. The number of alkyl halides is 3. The van der Waals surface area contributed by atoms with Gasteiger partial charge in [-0.05, 0) is 73.0 Å². The maximum Gasteiger partial charge on any atom is 0.573 e. The second-order valence-corrected chi connectivity index (χ2v) is 8.17. The molecule has 2 N–H and O–H groups in total. The topological polar surface area (TPSA) is 85.6 Å². The molecule has 0 spiro atoms. The fourth-order valence-electron chi connectivity index (χ4n) is 3.95. The Morgan fingerprint density at radius 3 is 2.50 bits per heavy atom. The minimum atomic E-state index is -4.77. The van der Waals surface area contributed by atoms with Crippen molar-refractivity contribution in [1.82, 2.24) is 9.55 Å². The van der Waals surface area contributed by atoms with Crippen LogP contribution in [0.15, 0.2) is 66.7 Å². The first-order valence-corrected chi connectivity index (χ1v) is 11.1. The molecule has 10 heteroatoms. The summed E-state index contributed by atoms with van der Waals surface area (Å²) < 4.78 is 48.8. The molecule has 0 amide bonds. The van der Waals surface area contributed by atoms with Gasteiger partial charge in [0.15, 0.2) is 0 Å². The summed E-state index contributed by atoms with van der Waals surface area (Å²) in [7, 11) is 1.59. The van der Waals surface area contributed by atoms with Gasteiger partial charge in [-0.15, -0.1) is 13.2 Å². The molecule has 0 saturated heterocycles. The molecule has 0 radical (unpaired) electrons. The van der Waals surface area contributed by atoms with Crippen molar-refractivity contribution in [3.05, 3.63) is 77.9 Å². The summed E-state index contributed by atoms with van der Waals surface area (Å²) in [6.07, 6.45) is -4.40. The lowest BCUT2D eigenvalue weighted by Gasteiger charge is -2.19. The molecule has 0 bridgehead atoms. The Labute approximate surface area is 205 Å². The number of benzene rings is 3. The van der Waals surface area contributed by atoms with Crippen LogP contribution in [0.5, 0.6) is 11.5 Å². The number of nitrogens with zero attached hydrogens (tertiary/aromatic N) is 2. The molecule has 0 unspecified atom stereocenters. The third-order valence-corrected chi connectivity index (χ3v) is 5.69. The zero-order valence-electron chi connectivity index (χ0n) is 19.5. The highest BCUT2D eigenvalue weighted by Gasteiger charge is 2.31. The summed E-state index contributed by atoms with van der Waals surface area (Å²) in [6.45, 7) is 2.00. The number of aromatic nitrogens is 2. The van der Waals surface area contributed by atoms with Crippen molar-refractivity contribution >= 4 is 28.6 Å². The summed E-state index contributed by atoms with van der Waals surface area (Å²) in [5.41, 5.74) is 3.78. The van der Waals surface area contributed by atoms with Crippen molar-refractivity contribution in [1.29, 1.82) is 0 Å². The van der Waals surface area contributed by atoms with Crippen molar-refractivity contribution in [2.24, 2.45) is 0 Å². The molecule has 7 nitrogen and oxygen atoms in total. The highest BCUT2D eigenvalue weighted by Crippen LogP contribution is 2.33. The summed E-state index contributed by atoms with van der Waals surface area (Å²) in [5, 5.41) is 12.2. The highest BCUT2D eigenvalue weighted by atomic mass is 19.4.